The number of rotatable bonds is 7. The van der Waals surface area contributed by atoms with Crippen molar-refractivity contribution in [1.82, 2.24) is 4.72 Å². The van der Waals surface area contributed by atoms with Crippen LogP contribution in [0.4, 0.5) is 5.69 Å². The first-order valence-electron chi connectivity index (χ1n) is 5.97. The van der Waals surface area contributed by atoms with Crippen LogP contribution >= 0.6 is 11.6 Å². The van der Waals surface area contributed by atoms with Crippen molar-refractivity contribution in [3.05, 3.63) is 29.3 Å². The van der Waals surface area contributed by atoms with E-state index in [2.05, 4.69) is 4.72 Å². The Labute approximate surface area is 123 Å². The number of carbonyl (C=O) groups is 1. The average Bonchev–Trinajstić information content (AvgIpc) is 2.33. The van der Waals surface area contributed by atoms with E-state index in [9.17, 15) is 13.2 Å². The standard InChI is InChI=1S/C12H17ClN2O4S/c1-9(2)7-14-20(18,19)15(8-12(16)17)11-5-3-4-10(13)6-11/h3-6,9,14H,7-8H2,1-2H3,(H,16,17). The van der Waals surface area contributed by atoms with Crippen molar-refractivity contribution >= 4 is 33.5 Å². The summed E-state index contributed by atoms with van der Waals surface area (Å²) in [6.45, 7) is 3.25. The van der Waals surface area contributed by atoms with Gasteiger partial charge in [0.2, 0.25) is 0 Å². The van der Waals surface area contributed by atoms with Crippen LogP contribution in [0.15, 0.2) is 24.3 Å². The van der Waals surface area contributed by atoms with E-state index < -0.39 is 22.7 Å². The Balaban J connectivity index is 3.09. The van der Waals surface area contributed by atoms with Crippen LogP contribution in [0.3, 0.4) is 0 Å². The number of benzene rings is 1. The molecule has 0 aliphatic rings. The van der Waals surface area contributed by atoms with Crippen LogP contribution in [-0.2, 0) is 15.0 Å². The van der Waals surface area contributed by atoms with Crippen molar-refractivity contribution in [2.24, 2.45) is 5.92 Å². The first-order valence-corrected chi connectivity index (χ1v) is 7.79. The number of anilines is 1. The number of hydrogen-bond donors (Lipinski definition) is 2. The van der Waals surface area contributed by atoms with E-state index in [-0.39, 0.29) is 18.2 Å². The van der Waals surface area contributed by atoms with Crippen molar-refractivity contribution in [2.75, 3.05) is 17.4 Å². The number of nitrogens with zero attached hydrogens (tertiary/aromatic N) is 1. The molecule has 1 aromatic carbocycles. The lowest BCUT2D eigenvalue weighted by Gasteiger charge is -2.23. The average molecular weight is 321 g/mol. The zero-order valence-corrected chi connectivity index (χ0v) is 12.8. The van der Waals surface area contributed by atoms with Crippen molar-refractivity contribution in [3.63, 3.8) is 0 Å². The molecular formula is C12H17ClN2O4S. The highest BCUT2D eigenvalue weighted by Crippen LogP contribution is 2.21. The van der Waals surface area contributed by atoms with E-state index in [1.165, 1.54) is 12.1 Å². The molecule has 0 aromatic heterocycles. The normalized spacial score (nSPS) is 11.6. The van der Waals surface area contributed by atoms with Gasteiger partial charge in [-0.1, -0.05) is 31.5 Å². The summed E-state index contributed by atoms with van der Waals surface area (Å²) in [7, 11) is -3.94. The smallest absolute Gasteiger partial charge is 0.324 e. The summed E-state index contributed by atoms with van der Waals surface area (Å²) >= 11 is 5.81. The Bertz CT molecular complexity index is 575. The molecule has 0 atom stereocenters. The second kappa shape index (κ2) is 6.92. The molecule has 0 radical (unpaired) electrons. The molecule has 0 saturated carbocycles. The van der Waals surface area contributed by atoms with Crippen LogP contribution in [0.1, 0.15) is 13.8 Å². The lowest BCUT2D eigenvalue weighted by atomic mass is 10.2. The molecule has 112 valence electrons. The third-order valence-corrected chi connectivity index (χ3v) is 4.03. The molecular weight excluding hydrogens is 304 g/mol. The van der Waals surface area contributed by atoms with Crippen LogP contribution in [0.25, 0.3) is 0 Å². The quantitative estimate of drug-likeness (QED) is 0.801. The highest BCUT2D eigenvalue weighted by molar-refractivity contribution is 7.90. The molecule has 1 aromatic rings. The fraction of sp³-hybridized carbons (Fsp3) is 0.417. The number of nitrogens with one attached hydrogen (secondary N) is 1. The van der Waals surface area contributed by atoms with Gasteiger partial charge in [-0.15, -0.1) is 0 Å². The Kier molecular flexibility index (Phi) is 5.79. The summed E-state index contributed by atoms with van der Waals surface area (Å²) in [6, 6.07) is 6.03. The van der Waals surface area contributed by atoms with Crippen LogP contribution in [-0.4, -0.2) is 32.6 Å². The topological polar surface area (TPSA) is 86.7 Å². The maximum absolute atomic E-state index is 12.2. The van der Waals surface area contributed by atoms with Gasteiger partial charge < -0.3 is 5.11 Å². The highest BCUT2D eigenvalue weighted by atomic mass is 35.5. The number of aliphatic carboxylic acids is 1. The zero-order chi connectivity index (χ0) is 15.3. The lowest BCUT2D eigenvalue weighted by molar-refractivity contribution is -0.135. The van der Waals surface area contributed by atoms with Gasteiger partial charge in [0.15, 0.2) is 0 Å². The molecule has 6 nitrogen and oxygen atoms in total. The molecule has 0 bridgehead atoms. The minimum absolute atomic E-state index is 0.107. The van der Waals surface area contributed by atoms with Gasteiger partial charge >= 0.3 is 16.2 Å². The van der Waals surface area contributed by atoms with E-state index in [0.717, 1.165) is 4.31 Å². The third kappa shape index (κ3) is 4.99. The Hall–Kier alpha value is -1.31. The summed E-state index contributed by atoms with van der Waals surface area (Å²) in [5.74, 6) is -1.14. The molecule has 8 heteroatoms. The molecule has 2 N–H and O–H groups in total. The Morgan fingerprint density at radius 1 is 1.45 bits per heavy atom. The van der Waals surface area contributed by atoms with Crippen molar-refractivity contribution < 1.29 is 18.3 Å². The van der Waals surface area contributed by atoms with Gasteiger partial charge in [0.05, 0.1) is 5.69 Å². The first kappa shape index (κ1) is 16.7. The highest BCUT2D eigenvalue weighted by Gasteiger charge is 2.24. The van der Waals surface area contributed by atoms with E-state index in [4.69, 9.17) is 16.7 Å². The molecule has 1 rings (SSSR count). The van der Waals surface area contributed by atoms with Gasteiger partial charge in [0.1, 0.15) is 6.54 Å². The minimum atomic E-state index is -3.94. The predicted octanol–water partition coefficient (Wildman–Crippen LogP) is 1.72. The maximum atomic E-state index is 12.2. The SMILES string of the molecule is CC(C)CNS(=O)(=O)N(CC(=O)O)c1cccc(Cl)c1. The molecule has 0 aliphatic heterocycles. The van der Waals surface area contributed by atoms with Gasteiger partial charge in [-0.3, -0.25) is 4.79 Å². The Morgan fingerprint density at radius 2 is 2.10 bits per heavy atom. The molecule has 0 heterocycles. The molecule has 20 heavy (non-hydrogen) atoms. The van der Waals surface area contributed by atoms with Crippen molar-refractivity contribution in [1.29, 1.82) is 0 Å². The van der Waals surface area contributed by atoms with Crippen molar-refractivity contribution in [3.8, 4) is 0 Å². The van der Waals surface area contributed by atoms with Crippen LogP contribution in [0.5, 0.6) is 0 Å². The monoisotopic (exact) mass is 320 g/mol. The molecule has 0 fully saturated rings. The van der Waals surface area contributed by atoms with E-state index in [1.54, 1.807) is 12.1 Å². The summed E-state index contributed by atoms with van der Waals surface area (Å²) in [5, 5.41) is 9.22. The summed E-state index contributed by atoms with van der Waals surface area (Å²) in [4.78, 5) is 10.9. The van der Waals surface area contributed by atoms with E-state index in [1.807, 2.05) is 13.8 Å². The van der Waals surface area contributed by atoms with Crippen molar-refractivity contribution in [2.45, 2.75) is 13.8 Å². The summed E-state index contributed by atoms with van der Waals surface area (Å²) < 4.78 is 27.5. The lowest BCUT2D eigenvalue weighted by Crippen LogP contribution is -2.44. The molecule has 0 unspecified atom stereocenters. The molecule has 0 spiro atoms. The largest absolute Gasteiger partial charge is 0.480 e. The van der Waals surface area contributed by atoms with Gasteiger partial charge in [0, 0.05) is 11.6 Å². The fourth-order valence-corrected chi connectivity index (χ4v) is 2.97. The van der Waals surface area contributed by atoms with Gasteiger partial charge in [-0.05, 0) is 24.1 Å². The second-order valence-electron chi connectivity index (χ2n) is 4.63. The first-order chi connectivity index (χ1) is 9.22. The third-order valence-electron chi connectivity index (χ3n) is 2.34. The van der Waals surface area contributed by atoms with Gasteiger partial charge in [-0.25, -0.2) is 4.31 Å². The number of carboxylic acid groups (broad SMARTS) is 1. The molecule has 0 saturated heterocycles. The number of carboxylic acids is 1. The van der Waals surface area contributed by atoms with E-state index in [0.29, 0.717) is 5.02 Å². The number of hydrogen-bond acceptors (Lipinski definition) is 3. The molecule has 0 amide bonds. The van der Waals surface area contributed by atoms with Crippen LogP contribution in [0, 0.1) is 5.92 Å². The van der Waals surface area contributed by atoms with Gasteiger partial charge in [0.25, 0.3) is 0 Å². The van der Waals surface area contributed by atoms with Crippen LogP contribution in [0.2, 0.25) is 5.02 Å². The zero-order valence-electron chi connectivity index (χ0n) is 11.2. The maximum Gasteiger partial charge on any atom is 0.324 e. The predicted molar refractivity (Wildman–Crippen MR) is 78.2 cm³/mol. The summed E-state index contributed by atoms with van der Waals surface area (Å²) in [5.41, 5.74) is 0.205. The van der Waals surface area contributed by atoms with Gasteiger partial charge in [-0.2, -0.15) is 13.1 Å². The molecule has 0 aliphatic carbocycles. The van der Waals surface area contributed by atoms with E-state index >= 15 is 0 Å². The number of halogens is 1. The minimum Gasteiger partial charge on any atom is -0.480 e. The fourth-order valence-electron chi connectivity index (χ4n) is 1.42. The summed E-state index contributed by atoms with van der Waals surface area (Å²) in [6.07, 6.45) is 0. The second-order valence-corrected chi connectivity index (χ2v) is 6.74. The Morgan fingerprint density at radius 3 is 2.60 bits per heavy atom. The van der Waals surface area contributed by atoms with Crippen LogP contribution < -0.4 is 9.03 Å².